The molecule has 0 radical (unpaired) electrons. The minimum atomic E-state index is -1.29. The molecule has 0 saturated heterocycles. The van der Waals surface area contributed by atoms with Crippen molar-refractivity contribution in [2.24, 2.45) is 0 Å². The molecule has 1 unspecified atom stereocenters. The van der Waals surface area contributed by atoms with Crippen LogP contribution in [0.5, 0.6) is 0 Å². The Kier molecular flexibility index (Phi) is 5.04. The molecule has 2 nitrogen and oxygen atoms in total. The van der Waals surface area contributed by atoms with Gasteiger partial charge in [0, 0.05) is 14.2 Å². The molecule has 0 rings (SSSR count). The van der Waals surface area contributed by atoms with Crippen LogP contribution in [0.3, 0.4) is 0 Å². The van der Waals surface area contributed by atoms with E-state index in [1.165, 1.54) is 0 Å². The lowest BCUT2D eigenvalue weighted by molar-refractivity contribution is 0.266. The molecule has 1 atom stereocenters. The average Bonchev–Trinajstić information content (AvgIpc) is 1.90. The molecule has 0 aromatic rings. The fraction of sp³-hybridized carbons (Fsp3) is 1.00. The highest BCUT2D eigenvalue weighted by molar-refractivity contribution is 6.46. The molecule has 9 heavy (non-hydrogen) atoms. The van der Waals surface area contributed by atoms with Crippen molar-refractivity contribution in [2.45, 2.75) is 25.8 Å². The minimum absolute atomic E-state index is 0.625. The van der Waals surface area contributed by atoms with Gasteiger partial charge in [0.25, 0.3) is 0 Å². The summed E-state index contributed by atoms with van der Waals surface area (Å²) < 4.78 is 10.3. The molecule has 0 spiro atoms. The van der Waals surface area contributed by atoms with Crippen molar-refractivity contribution in [3.8, 4) is 0 Å². The molecule has 0 aromatic heterocycles. The van der Waals surface area contributed by atoms with E-state index in [2.05, 4.69) is 13.8 Å². The Balaban J connectivity index is 3.50. The molecule has 0 aliphatic rings. The quantitative estimate of drug-likeness (QED) is 0.559. The second-order valence-electron chi connectivity index (χ2n) is 2.23. The highest BCUT2D eigenvalue weighted by Crippen LogP contribution is 2.13. The summed E-state index contributed by atoms with van der Waals surface area (Å²) in [6.45, 7) is 4.33. The van der Waals surface area contributed by atoms with Crippen LogP contribution >= 0.6 is 0 Å². The summed E-state index contributed by atoms with van der Waals surface area (Å²) in [7, 11) is 2.17. The van der Waals surface area contributed by atoms with Gasteiger partial charge < -0.3 is 8.85 Å². The molecular formula is C6H16O2Si. The second-order valence-corrected chi connectivity index (χ2v) is 5.04. The van der Waals surface area contributed by atoms with E-state index in [-0.39, 0.29) is 0 Å². The maximum Gasteiger partial charge on any atom is 0.323 e. The topological polar surface area (TPSA) is 18.5 Å². The summed E-state index contributed by atoms with van der Waals surface area (Å²) >= 11 is 0. The van der Waals surface area contributed by atoms with Crippen molar-refractivity contribution in [1.82, 2.24) is 0 Å². The Hall–Kier alpha value is 0.137. The van der Waals surface area contributed by atoms with E-state index < -0.39 is 9.28 Å². The third kappa shape index (κ3) is 2.98. The highest BCUT2D eigenvalue weighted by atomic mass is 28.3. The van der Waals surface area contributed by atoms with Crippen molar-refractivity contribution in [3.05, 3.63) is 0 Å². The van der Waals surface area contributed by atoms with Crippen LogP contribution in [0, 0.1) is 0 Å². The molecule has 3 heteroatoms. The van der Waals surface area contributed by atoms with Crippen LogP contribution in [0.1, 0.15) is 20.3 Å². The second kappa shape index (κ2) is 4.96. The molecule has 0 saturated carbocycles. The van der Waals surface area contributed by atoms with E-state index >= 15 is 0 Å². The lowest BCUT2D eigenvalue weighted by atomic mass is 10.4. The highest BCUT2D eigenvalue weighted by Gasteiger charge is 2.16. The first-order valence-electron chi connectivity index (χ1n) is 3.31. The number of hydrogen-bond donors (Lipinski definition) is 0. The first kappa shape index (κ1) is 9.14. The number of rotatable bonds is 4. The summed E-state index contributed by atoms with van der Waals surface area (Å²) in [6, 6.07) is 0. The van der Waals surface area contributed by atoms with Gasteiger partial charge in [-0.05, 0) is 5.54 Å². The van der Waals surface area contributed by atoms with E-state index in [1.807, 2.05) is 0 Å². The summed E-state index contributed by atoms with van der Waals surface area (Å²) in [6.07, 6.45) is 1.15. The normalized spacial score (nSPS) is 14.3. The molecule has 0 aliphatic carbocycles. The van der Waals surface area contributed by atoms with Gasteiger partial charge in [-0.15, -0.1) is 0 Å². The van der Waals surface area contributed by atoms with Gasteiger partial charge >= 0.3 is 9.28 Å². The molecule has 0 fully saturated rings. The van der Waals surface area contributed by atoms with E-state index in [1.54, 1.807) is 14.2 Å². The first-order valence-corrected chi connectivity index (χ1v) is 4.92. The zero-order chi connectivity index (χ0) is 7.28. The SMILES string of the molecule is CCC(C)[SiH](OC)OC. The van der Waals surface area contributed by atoms with Crippen LogP contribution in [0.25, 0.3) is 0 Å². The maximum atomic E-state index is 5.17. The maximum absolute atomic E-state index is 5.17. The fourth-order valence-corrected chi connectivity index (χ4v) is 2.26. The van der Waals surface area contributed by atoms with Crippen molar-refractivity contribution in [1.29, 1.82) is 0 Å². The van der Waals surface area contributed by atoms with Crippen LogP contribution in [0.2, 0.25) is 5.54 Å². The Labute approximate surface area is 59.0 Å². The van der Waals surface area contributed by atoms with Crippen LogP contribution in [-0.2, 0) is 8.85 Å². The van der Waals surface area contributed by atoms with Crippen molar-refractivity contribution in [2.75, 3.05) is 14.2 Å². The van der Waals surface area contributed by atoms with Crippen LogP contribution in [-0.4, -0.2) is 23.5 Å². The Morgan fingerprint density at radius 2 is 1.78 bits per heavy atom. The minimum Gasteiger partial charge on any atom is -0.400 e. The third-order valence-electron chi connectivity index (χ3n) is 1.57. The lowest BCUT2D eigenvalue weighted by Crippen LogP contribution is -2.23. The van der Waals surface area contributed by atoms with Gasteiger partial charge in [-0.2, -0.15) is 0 Å². The van der Waals surface area contributed by atoms with Crippen LogP contribution in [0.15, 0.2) is 0 Å². The van der Waals surface area contributed by atoms with Crippen molar-refractivity contribution < 1.29 is 8.85 Å². The van der Waals surface area contributed by atoms with Gasteiger partial charge in [0.05, 0.1) is 0 Å². The van der Waals surface area contributed by atoms with Gasteiger partial charge in [-0.1, -0.05) is 20.3 Å². The standard InChI is InChI=1S/C6H16O2Si/c1-5-6(2)9(7-3)8-4/h6,9H,5H2,1-4H3. The largest absolute Gasteiger partial charge is 0.400 e. The van der Waals surface area contributed by atoms with Gasteiger partial charge in [0.15, 0.2) is 0 Å². The van der Waals surface area contributed by atoms with E-state index in [0.29, 0.717) is 5.54 Å². The van der Waals surface area contributed by atoms with E-state index in [9.17, 15) is 0 Å². The average molecular weight is 148 g/mol. The molecule has 0 heterocycles. The summed E-state index contributed by atoms with van der Waals surface area (Å²) in [4.78, 5) is 0. The van der Waals surface area contributed by atoms with Gasteiger partial charge in [-0.3, -0.25) is 0 Å². The van der Waals surface area contributed by atoms with Gasteiger partial charge in [0.1, 0.15) is 0 Å². The van der Waals surface area contributed by atoms with Crippen LogP contribution in [0.4, 0.5) is 0 Å². The van der Waals surface area contributed by atoms with E-state index in [0.717, 1.165) is 6.42 Å². The van der Waals surface area contributed by atoms with E-state index in [4.69, 9.17) is 8.85 Å². The lowest BCUT2D eigenvalue weighted by Gasteiger charge is -2.16. The molecule has 0 amide bonds. The fourth-order valence-electron chi connectivity index (χ4n) is 0.753. The summed E-state index contributed by atoms with van der Waals surface area (Å²) in [5, 5.41) is 0. The molecular weight excluding hydrogens is 132 g/mol. The smallest absolute Gasteiger partial charge is 0.323 e. The predicted molar refractivity (Wildman–Crippen MR) is 40.9 cm³/mol. The monoisotopic (exact) mass is 148 g/mol. The first-order chi connectivity index (χ1) is 4.26. The molecule has 0 aromatic carbocycles. The summed E-state index contributed by atoms with van der Waals surface area (Å²) in [5.41, 5.74) is 0.625. The number of hydrogen-bond acceptors (Lipinski definition) is 2. The summed E-state index contributed by atoms with van der Waals surface area (Å²) in [5.74, 6) is 0. The molecule has 0 N–H and O–H groups in total. The zero-order valence-electron chi connectivity index (χ0n) is 6.68. The zero-order valence-corrected chi connectivity index (χ0v) is 7.83. The van der Waals surface area contributed by atoms with Gasteiger partial charge in [0.2, 0.25) is 0 Å². The molecule has 0 bridgehead atoms. The molecule has 0 aliphatic heterocycles. The van der Waals surface area contributed by atoms with Gasteiger partial charge in [-0.25, -0.2) is 0 Å². The Morgan fingerprint density at radius 1 is 1.33 bits per heavy atom. The Morgan fingerprint density at radius 3 is 1.89 bits per heavy atom. The Bertz CT molecular complexity index is 64.1. The predicted octanol–water partition coefficient (Wildman–Crippen LogP) is 1.30. The van der Waals surface area contributed by atoms with Crippen LogP contribution < -0.4 is 0 Å². The van der Waals surface area contributed by atoms with Crippen molar-refractivity contribution >= 4 is 9.28 Å². The third-order valence-corrected chi connectivity index (χ3v) is 3.90. The van der Waals surface area contributed by atoms with Crippen molar-refractivity contribution in [3.63, 3.8) is 0 Å². The molecule has 56 valence electrons.